The zero-order valence-corrected chi connectivity index (χ0v) is 12.7. The van der Waals surface area contributed by atoms with Crippen LogP contribution in [0.3, 0.4) is 0 Å². The molecule has 6 nitrogen and oxygen atoms in total. The number of carbonyl (C=O) groups is 2. The van der Waals surface area contributed by atoms with E-state index in [4.69, 9.17) is 5.73 Å². The minimum absolute atomic E-state index is 0.0673. The molecule has 1 heterocycles. The minimum atomic E-state index is -0.631. The number of carbonyl (C=O) groups excluding carboxylic acids is 2. The van der Waals surface area contributed by atoms with Gasteiger partial charge in [-0.3, -0.25) is 9.59 Å². The lowest BCUT2D eigenvalue weighted by Crippen LogP contribution is -2.43. The molecule has 2 amide bonds. The maximum absolute atomic E-state index is 12.8. The standard InChI is InChI=1S/C16H22N4O2/c17-15(21)13-8-19-14(9-18-13)16(22)20(10-11-6-7-11)12-4-2-1-3-5-12/h8-9,11-12H,1-7,10H2,(H2,17,21). The van der Waals surface area contributed by atoms with Gasteiger partial charge in [0.05, 0.1) is 12.4 Å². The van der Waals surface area contributed by atoms with Gasteiger partial charge in [0.15, 0.2) is 0 Å². The van der Waals surface area contributed by atoms with Crippen molar-refractivity contribution in [3.8, 4) is 0 Å². The number of amides is 2. The Morgan fingerprint density at radius 3 is 2.23 bits per heavy atom. The molecule has 1 aromatic rings. The van der Waals surface area contributed by atoms with Crippen LogP contribution in [0.5, 0.6) is 0 Å². The highest BCUT2D eigenvalue weighted by atomic mass is 16.2. The Balaban J connectivity index is 1.76. The maximum atomic E-state index is 12.8. The van der Waals surface area contributed by atoms with Crippen molar-refractivity contribution in [2.45, 2.75) is 51.0 Å². The quantitative estimate of drug-likeness (QED) is 0.897. The van der Waals surface area contributed by atoms with Crippen LogP contribution in [0.15, 0.2) is 12.4 Å². The summed E-state index contributed by atoms with van der Waals surface area (Å²) in [5.74, 6) is -0.0559. The molecule has 0 bridgehead atoms. The van der Waals surface area contributed by atoms with Gasteiger partial charge in [0.2, 0.25) is 0 Å². The second-order valence-electron chi connectivity index (χ2n) is 6.34. The molecule has 2 saturated carbocycles. The van der Waals surface area contributed by atoms with Crippen LogP contribution < -0.4 is 5.73 Å². The minimum Gasteiger partial charge on any atom is -0.364 e. The molecule has 1 aromatic heterocycles. The van der Waals surface area contributed by atoms with Crippen molar-refractivity contribution in [2.75, 3.05) is 6.54 Å². The van der Waals surface area contributed by atoms with E-state index >= 15 is 0 Å². The number of nitrogens with zero attached hydrogens (tertiary/aromatic N) is 3. The first kappa shape index (κ1) is 14.9. The zero-order chi connectivity index (χ0) is 15.5. The average Bonchev–Trinajstić information content (AvgIpc) is 3.37. The molecule has 0 unspecified atom stereocenters. The van der Waals surface area contributed by atoms with Crippen molar-refractivity contribution in [3.63, 3.8) is 0 Å². The predicted octanol–water partition coefficient (Wildman–Crippen LogP) is 1.76. The number of primary amides is 1. The van der Waals surface area contributed by atoms with E-state index < -0.39 is 5.91 Å². The molecule has 2 fully saturated rings. The number of aromatic nitrogens is 2. The number of nitrogens with two attached hydrogens (primary N) is 1. The second-order valence-corrected chi connectivity index (χ2v) is 6.34. The van der Waals surface area contributed by atoms with Crippen molar-refractivity contribution in [3.05, 3.63) is 23.8 Å². The lowest BCUT2D eigenvalue weighted by atomic mass is 9.93. The van der Waals surface area contributed by atoms with Crippen LogP contribution in [-0.2, 0) is 0 Å². The van der Waals surface area contributed by atoms with Crippen LogP contribution in [0.25, 0.3) is 0 Å². The molecule has 2 aliphatic rings. The second kappa shape index (κ2) is 6.42. The summed E-state index contributed by atoms with van der Waals surface area (Å²) in [6.45, 7) is 0.822. The van der Waals surface area contributed by atoms with Gasteiger partial charge in [-0.05, 0) is 31.6 Å². The Bertz CT molecular complexity index is 548. The van der Waals surface area contributed by atoms with Crippen LogP contribution >= 0.6 is 0 Å². The highest BCUT2D eigenvalue weighted by molar-refractivity contribution is 5.94. The number of hydrogen-bond acceptors (Lipinski definition) is 4. The van der Waals surface area contributed by atoms with Crippen LogP contribution in [-0.4, -0.2) is 39.3 Å². The van der Waals surface area contributed by atoms with Crippen molar-refractivity contribution in [2.24, 2.45) is 11.7 Å². The summed E-state index contributed by atoms with van der Waals surface area (Å²) in [5.41, 5.74) is 5.54. The van der Waals surface area contributed by atoms with Gasteiger partial charge in [-0.2, -0.15) is 0 Å². The topological polar surface area (TPSA) is 89.2 Å². The van der Waals surface area contributed by atoms with Crippen molar-refractivity contribution in [1.82, 2.24) is 14.9 Å². The number of hydrogen-bond donors (Lipinski definition) is 1. The highest BCUT2D eigenvalue weighted by Gasteiger charge is 2.32. The SMILES string of the molecule is NC(=O)c1cnc(C(=O)N(CC2CC2)C2CCCCC2)cn1. The molecular formula is C16H22N4O2. The fourth-order valence-electron chi connectivity index (χ4n) is 3.08. The molecule has 6 heteroatoms. The third kappa shape index (κ3) is 3.43. The highest BCUT2D eigenvalue weighted by Crippen LogP contribution is 2.33. The lowest BCUT2D eigenvalue weighted by Gasteiger charge is -2.34. The smallest absolute Gasteiger partial charge is 0.274 e. The molecular weight excluding hydrogens is 280 g/mol. The Kier molecular flexibility index (Phi) is 4.36. The van der Waals surface area contributed by atoms with Gasteiger partial charge < -0.3 is 10.6 Å². The van der Waals surface area contributed by atoms with E-state index in [-0.39, 0.29) is 11.6 Å². The van der Waals surface area contributed by atoms with Crippen molar-refractivity contribution >= 4 is 11.8 Å². The van der Waals surface area contributed by atoms with Gasteiger partial charge in [-0.15, -0.1) is 0 Å². The Morgan fingerprint density at radius 2 is 1.68 bits per heavy atom. The van der Waals surface area contributed by atoms with Crippen LogP contribution in [0.1, 0.15) is 65.9 Å². The van der Waals surface area contributed by atoms with Gasteiger partial charge in [-0.25, -0.2) is 9.97 Å². The molecule has 2 aliphatic carbocycles. The van der Waals surface area contributed by atoms with E-state index in [2.05, 4.69) is 9.97 Å². The predicted molar refractivity (Wildman–Crippen MR) is 81.2 cm³/mol. The van der Waals surface area contributed by atoms with Crippen LogP contribution in [0.2, 0.25) is 0 Å². The van der Waals surface area contributed by atoms with Gasteiger partial charge in [0, 0.05) is 12.6 Å². The van der Waals surface area contributed by atoms with Crippen LogP contribution in [0, 0.1) is 5.92 Å². The Labute approximate surface area is 130 Å². The fraction of sp³-hybridized carbons (Fsp3) is 0.625. The largest absolute Gasteiger partial charge is 0.364 e. The summed E-state index contributed by atoms with van der Waals surface area (Å²) in [4.78, 5) is 33.9. The first-order valence-corrected chi connectivity index (χ1v) is 8.08. The molecule has 0 spiro atoms. The first-order valence-electron chi connectivity index (χ1n) is 8.08. The third-order valence-corrected chi connectivity index (χ3v) is 4.55. The molecule has 0 atom stereocenters. The van der Waals surface area contributed by atoms with E-state index in [1.165, 1.54) is 44.5 Å². The molecule has 0 radical (unpaired) electrons. The monoisotopic (exact) mass is 302 g/mol. The summed E-state index contributed by atoms with van der Waals surface area (Å²) >= 11 is 0. The Hall–Kier alpha value is -1.98. The molecule has 0 aromatic carbocycles. The van der Waals surface area contributed by atoms with Gasteiger partial charge in [0.1, 0.15) is 11.4 Å². The summed E-state index contributed by atoms with van der Waals surface area (Å²) in [5, 5.41) is 0. The molecule has 3 rings (SSSR count). The third-order valence-electron chi connectivity index (χ3n) is 4.55. The van der Waals surface area contributed by atoms with E-state index in [0.29, 0.717) is 17.7 Å². The maximum Gasteiger partial charge on any atom is 0.274 e. The summed E-state index contributed by atoms with van der Waals surface area (Å²) in [7, 11) is 0. The summed E-state index contributed by atoms with van der Waals surface area (Å²) in [6, 6.07) is 0.319. The molecule has 22 heavy (non-hydrogen) atoms. The van der Waals surface area contributed by atoms with Gasteiger partial charge in [0.25, 0.3) is 11.8 Å². The first-order chi connectivity index (χ1) is 10.6. The van der Waals surface area contributed by atoms with Crippen LogP contribution in [0.4, 0.5) is 0 Å². The molecule has 0 saturated heterocycles. The van der Waals surface area contributed by atoms with Gasteiger partial charge in [-0.1, -0.05) is 19.3 Å². The Morgan fingerprint density at radius 1 is 1.05 bits per heavy atom. The normalized spacial score (nSPS) is 18.9. The van der Waals surface area contributed by atoms with E-state index in [1.807, 2.05) is 4.90 Å². The average molecular weight is 302 g/mol. The molecule has 2 N–H and O–H groups in total. The zero-order valence-electron chi connectivity index (χ0n) is 12.7. The van der Waals surface area contributed by atoms with Gasteiger partial charge >= 0.3 is 0 Å². The fourth-order valence-corrected chi connectivity index (χ4v) is 3.08. The van der Waals surface area contributed by atoms with E-state index in [1.54, 1.807) is 0 Å². The summed E-state index contributed by atoms with van der Waals surface area (Å²) in [6.07, 6.45) is 10.9. The van der Waals surface area contributed by atoms with Crippen molar-refractivity contribution in [1.29, 1.82) is 0 Å². The molecule has 0 aliphatic heterocycles. The molecule has 118 valence electrons. The summed E-state index contributed by atoms with van der Waals surface area (Å²) < 4.78 is 0. The lowest BCUT2D eigenvalue weighted by molar-refractivity contribution is 0.0615. The van der Waals surface area contributed by atoms with E-state index in [9.17, 15) is 9.59 Å². The van der Waals surface area contributed by atoms with E-state index in [0.717, 1.165) is 19.4 Å². The van der Waals surface area contributed by atoms with Crippen molar-refractivity contribution < 1.29 is 9.59 Å². The number of rotatable bonds is 5.